The summed E-state index contributed by atoms with van der Waals surface area (Å²) in [5.74, 6) is -2.52. The van der Waals surface area contributed by atoms with Crippen LogP contribution in [0.2, 0.25) is 0 Å². The maximum Gasteiger partial charge on any atom is 0.342 e. The Morgan fingerprint density at radius 3 is 1.82 bits per heavy atom. The molecule has 0 aromatic heterocycles. The highest BCUT2D eigenvalue weighted by atomic mass is 35.5. The van der Waals surface area contributed by atoms with Crippen LogP contribution in [0.4, 0.5) is 0 Å². The largest absolute Gasteiger partial charge is 0.466 e. The first kappa shape index (κ1) is 33.8. The van der Waals surface area contributed by atoms with Crippen LogP contribution in [0.3, 0.4) is 0 Å². The number of ether oxygens (including phenoxy) is 2. The van der Waals surface area contributed by atoms with Crippen LogP contribution < -0.4 is 0 Å². The standard InChI is InChI=1S/C31H32ClN3O8S2/c1-19-8-12-21(13-9-19)44(38,39)34-24-16-17-31(18-23(24)32)26(29(37)43-7)25(28(36)42-6)27(33-30(3,4)5)35(31)45(40,41)22-14-10-20(2)11-15-22/h8-18H,1-7H3/b33-27?,34-24-. The zero-order valence-electron chi connectivity index (χ0n) is 25.7. The van der Waals surface area contributed by atoms with Gasteiger partial charge in [0, 0.05) is 0 Å². The number of carbonyl (C=O) groups is 2. The molecule has 0 bridgehead atoms. The Bertz CT molecular complexity index is 1940. The van der Waals surface area contributed by atoms with Gasteiger partial charge < -0.3 is 9.47 Å². The van der Waals surface area contributed by atoms with Crippen LogP contribution in [0.5, 0.6) is 0 Å². The van der Waals surface area contributed by atoms with Gasteiger partial charge in [-0.1, -0.05) is 47.0 Å². The summed E-state index contributed by atoms with van der Waals surface area (Å²) >= 11 is 6.67. The lowest BCUT2D eigenvalue weighted by atomic mass is 9.85. The molecule has 0 amide bonds. The summed E-state index contributed by atoms with van der Waals surface area (Å²) in [6.07, 6.45) is 3.52. The molecule has 0 fully saturated rings. The van der Waals surface area contributed by atoms with E-state index in [9.17, 15) is 26.4 Å². The SMILES string of the molecule is COC(=O)C1=C(C(=O)OC)C2(C=C/C(=N/S(=O)(=O)c3ccc(C)cc3)C(Cl)=C2)N(S(=O)(=O)c2ccc(C)cc2)C1=NC(C)(C)C. The van der Waals surface area contributed by atoms with Gasteiger partial charge in [0.05, 0.1) is 45.9 Å². The van der Waals surface area contributed by atoms with Crippen molar-refractivity contribution in [3.05, 3.63) is 94.1 Å². The molecule has 0 saturated heterocycles. The molecule has 238 valence electrons. The van der Waals surface area contributed by atoms with E-state index in [0.717, 1.165) is 35.7 Å². The van der Waals surface area contributed by atoms with Gasteiger partial charge in [0.2, 0.25) is 0 Å². The number of aryl methyl sites for hydroxylation is 2. The third-order valence-corrected chi connectivity index (χ3v) is 10.2. The van der Waals surface area contributed by atoms with Crippen molar-refractivity contribution in [3.63, 3.8) is 0 Å². The predicted molar refractivity (Wildman–Crippen MR) is 170 cm³/mol. The van der Waals surface area contributed by atoms with Gasteiger partial charge in [-0.2, -0.15) is 12.8 Å². The monoisotopic (exact) mass is 673 g/mol. The minimum atomic E-state index is -4.62. The molecule has 2 aromatic rings. The molecule has 2 aromatic carbocycles. The molecular formula is C31H32ClN3O8S2. The lowest BCUT2D eigenvalue weighted by Crippen LogP contribution is -2.51. The molecule has 1 aliphatic heterocycles. The summed E-state index contributed by atoms with van der Waals surface area (Å²) in [6.45, 7) is 8.61. The van der Waals surface area contributed by atoms with Gasteiger partial charge in [-0.25, -0.2) is 22.3 Å². The maximum atomic E-state index is 14.5. The van der Waals surface area contributed by atoms with Gasteiger partial charge in [-0.3, -0.25) is 4.99 Å². The minimum absolute atomic E-state index is 0.0917. The quantitative estimate of drug-likeness (QED) is 0.410. The van der Waals surface area contributed by atoms with E-state index < -0.39 is 60.0 Å². The number of halogens is 1. The first-order chi connectivity index (χ1) is 20.9. The number of benzene rings is 2. The highest BCUT2D eigenvalue weighted by molar-refractivity contribution is 7.90. The molecule has 45 heavy (non-hydrogen) atoms. The number of allylic oxidation sites excluding steroid dienone is 2. The van der Waals surface area contributed by atoms with Crippen molar-refractivity contribution in [1.82, 2.24) is 4.31 Å². The van der Waals surface area contributed by atoms with Gasteiger partial charge in [0.15, 0.2) is 5.84 Å². The molecule has 1 unspecified atom stereocenters. The predicted octanol–water partition coefficient (Wildman–Crippen LogP) is 4.41. The third kappa shape index (κ3) is 6.37. The van der Waals surface area contributed by atoms with Crippen LogP contribution in [0.1, 0.15) is 31.9 Å². The number of sulfonamides is 2. The second kappa shape index (κ2) is 12.0. The van der Waals surface area contributed by atoms with Crippen molar-refractivity contribution in [2.24, 2.45) is 9.39 Å². The molecule has 1 atom stereocenters. The van der Waals surface area contributed by atoms with Crippen LogP contribution in [-0.2, 0) is 39.1 Å². The van der Waals surface area contributed by atoms with E-state index in [1.54, 1.807) is 58.9 Å². The topological polar surface area (TPSA) is 149 Å². The van der Waals surface area contributed by atoms with Gasteiger partial charge in [0.25, 0.3) is 20.0 Å². The summed E-state index contributed by atoms with van der Waals surface area (Å²) in [5, 5.41) is -0.320. The Labute approximate surface area is 267 Å². The lowest BCUT2D eigenvalue weighted by molar-refractivity contribution is -0.139. The van der Waals surface area contributed by atoms with Crippen molar-refractivity contribution in [2.75, 3.05) is 14.2 Å². The Morgan fingerprint density at radius 1 is 0.844 bits per heavy atom. The van der Waals surface area contributed by atoms with Crippen LogP contribution in [0.25, 0.3) is 0 Å². The molecule has 14 heteroatoms. The second-order valence-electron chi connectivity index (χ2n) is 11.3. The van der Waals surface area contributed by atoms with Gasteiger partial charge in [-0.15, -0.1) is 0 Å². The molecule has 0 saturated carbocycles. The summed E-state index contributed by atoms with van der Waals surface area (Å²) in [7, 11) is -6.74. The Balaban J connectivity index is 2.08. The number of esters is 2. The fourth-order valence-corrected chi connectivity index (χ4v) is 7.73. The minimum Gasteiger partial charge on any atom is -0.466 e. The fourth-order valence-electron chi connectivity index (χ4n) is 4.75. The number of amidine groups is 1. The van der Waals surface area contributed by atoms with Crippen molar-refractivity contribution < 1.29 is 35.9 Å². The first-order valence-corrected chi connectivity index (χ1v) is 16.8. The Morgan fingerprint density at radius 2 is 1.36 bits per heavy atom. The number of hydrogen-bond acceptors (Lipinski definition) is 9. The number of rotatable bonds is 6. The van der Waals surface area contributed by atoms with E-state index in [-0.39, 0.29) is 20.5 Å². The summed E-state index contributed by atoms with van der Waals surface area (Å²) in [5.41, 5.74) is -2.64. The summed E-state index contributed by atoms with van der Waals surface area (Å²) in [6, 6.07) is 11.9. The first-order valence-electron chi connectivity index (χ1n) is 13.5. The molecule has 0 N–H and O–H groups in total. The molecule has 11 nitrogen and oxygen atoms in total. The van der Waals surface area contributed by atoms with E-state index >= 15 is 0 Å². The molecule has 1 aliphatic carbocycles. The van der Waals surface area contributed by atoms with E-state index in [4.69, 9.17) is 21.1 Å². The molecule has 1 spiro atoms. The number of carbonyl (C=O) groups excluding carboxylic acids is 2. The maximum absolute atomic E-state index is 14.5. The summed E-state index contributed by atoms with van der Waals surface area (Å²) in [4.78, 5) is 31.2. The van der Waals surface area contributed by atoms with E-state index in [2.05, 4.69) is 9.39 Å². The lowest BCUT2D eigenvalue weighted by Gasteiger charge is -2.37. The van der Waals surface area contributed by atoms with Crippen molar-refractivity contribution in [1.29, 1.82) is 0 Å². The number of hydrogen-bond donors (Lipinski definition) is 0. The van der Waals surface area contributed by atoms with Crippen molar-refractivity contribution in [2.45, 2.75) is 55.5 Å². The Hall–Kier alpha value is -4.07. The van der Waals surface area contributed by atoms with E-state index in [1.165, 1.54) is 36.4 Å². The van der Waals surface area contributed by atoms with Crippen molar-refractivity contribution in [3.8, 4) is 0 Å². The second-order valence-corrected chi connectivity index (χ2v) is 15.1. The average Bonchev–Trinajstić information content (AvgIpc) is 3.22. The highest BCUT2D eigenvalue weighted by Gasteiger charge is 2.59. The van der Waals surface area contributed by atoms with Gasteiger partial charge in [0.1, 0.15) is 11.1 Å². The van der Waals surface area contributed by atoms with Gasteiger partial charge >= 0.3 is 11.9 Å². The van der Waals surface area contributed by atoms with E-state index in [0.29, 0.717) is 0 Å². The van der Waals surface area contributed by atoms with Crippen LogP contribution >= 0.6 is 11.6 Å². The van der Waals surface area contributed by atoms with Crippen LogP contribution in [-0.4, -0.2) is 69.9 Å². The molecule has 2 aliphatic rings. The summed E-state index contributed by atoms with van der Waals surface area (Å²) < 4.78 is 70.1. The highest BCUT2D eigenvalue weighted by Crippen LogP contribution is 2.46. The number of methoxy groups -OCH3 is 2. The zero-order chi connectivity index (χ0) is 33.5. The van der Waals surface area contributed by atoms with E-state index in [1.807, 2.05) is 0 Å². The normalized spacial score (nSPS) is 20.6. The third-order valence-electron chi connectivity index (χ3n) is 6.81. The number of nitrogens with zero attached hydrogens (tertiary/aromatic N) is 3. The average molecular weight is 674 g/mol. The van der Waals surface area contributed by atoms with Gasteiger partial charge in [-0.05, 0) is 77.1 Å². The number of aliphatic imine (C=N–C) groups is 1. The van der Waals surface area contributed by atoms with Crippen molar-refractivity contribution >= 4 is 55.1 Å². The smallest absolute Gasteiger partial charge is 0.342 e. The van der Waals surface area contributed by atoms with Crippen LogP contribution in [0, 0.1) is 13.8 Å². The molecule has 4 rings (SSSR count). The molecular weight excluding hydrogens is 642 g/mol. The Kier molecular flexibility index (Phi) is 9.04. The molecule has 1 heterocycles. The zero-order valence-corrected chi connectivity index (χ0v) is 28.0. The van der Waals surface area contributed by atoms with Crippen LogP contribution in [0.15, 0.2) is 102 Å². The fraction of sp³-hybridized carbons (Fsp3) is 0.290. The molecule has 0 radical (unpaired) electrons.